The first kappa shape index (κ1) is 9.43. The second-order valence-corrected chi connectivity index (χ2v) is 3.82. The minimum Gasteiger partial charge on any atom is -0.303 e. The first-order chi connectivity index (χ1) is 5.77. The average Bonchev–Trinajstić information content (AvgIpc) is 2.17. The lowest BCUT2D eigenvalue weighted by molar-refractivity contribution is -0.115. The van der Waals surface area contributed by atoms with E-state index in [1.165, 1.54) is 0 Å². The Morgan fingerprint density at radius 2 is 2.08 bits per heavy atom. The fraction of sp³-hybridized carbons (Fsp3) is 0.800. The lowest BCUT2D eigenvalue weighted by Crippen LogP contribution is -2.22. The van der Waals surface area contributed by atoms with Gasteiger partial charge in [-0.25, -0.2) is 0 Å². The lowest BCUT2D eigenvalue weighted by atomic mass is 9.77. The number of carbonyl (C=O) groups is 2. The zero-order chi connectivity index (χ0) is 8.97. The molecule has 0 aromatic rings. The van der Waals surface area contributed by atoms with Crippen LogP contribution in [0.25, 0.3) is 0 Å². The van der Waals surface area contributed by atoms with E-state index in [1.807, 2.05) is 6.92 Å². The fourth-order valence-corrected chi connectivity index (χ4v) is 1.98. The molecule has 0 amide bonds. The van der Waals surface area contributed by atoms with Crippen molar-refractivity contribution in [1.82, 2.24) is 0 Å². The molecule has 12 heavy (non-hydrogen) atoms. The largest absolute Gasteiger partial charge is 0.303 e. The van der Waals surface area contributed by atoms with Gasteiger partial charge < -0.3 is 9.59 Å². The van der Waals surface area contributed by atoms with Gasteiger partial charge in [0.2, 0.25) is 0 Å². The van der Waals surface area contributed by atoms with Crippen LogP contribution in [0.1, 0.15) is 32.6 Å². The summed E-state index contributed by atoms with van der Waals surface area (Å²) in [4.78, 5) is 21.0. The Morgan fingerprint density at radius 3 is 2.67 bits per heavy atom. The minimum atomic E-state index is 0.132. The highest BCUT2D eigenvalue weighted by Crippen LogP contribution is 2.31. The zero-order valence-electron chi connectivity index (χ0n) is 7.53. The zero-order valence-corrected chi connectivity index (χ0v) is 7.53. The van der Waals surface area contributed by atoms with Gasteiger partial charge in [0.15, 0.2) is 0 Å². The van der Waals surface area contributed by atoms with Crippen LogP contribution in [0.15, 0.2) is 0 Å². The summed E-state index contributed by atoms with van der Waals surface area (Å²) in [5.74, 6) is 0.797. The summed E-state index contributed by atoms with van der Waals surface area (Å²) in [6, 6.07) is 0. The van der Waals surface area contributed by atoms with Crippen molar-refractivity contribution in [2.75, 3.05) is 0 Å². The highest BCUT2D eigenvalue weighted by Gasteiger charge is 2.25. The molecule has 2 heteroatoms. The smallest absolute Gasteiger partial charge is 0.123 e. The molecule has 3 unspecified atom stereocenters. The normalized spacial score (nSPS) is 32.4. The molecule has 2 nitrogen and oxygen atoms in total. The van der Waals surface area contributed by atoms with Gasteiger partial charge in [0, 0.05) is 11.8 Å². The average molecular weight is 168 g/mol. The van der Waals surface area contributed by atoms with Crippen LogP contribution >= 0.6 is 0 Å². The van der Waals surface area contributed by atoms with E-state index < -0.39 is 0 Å². The molecule has 0 bridgehead atoms. The predicted octanol–water partition coefficient (Wildman–Crippen LogP) is 1.83. The monoisotopic (exact) mass is 168 g/mol. The highest BCUT2D eigenvalue weighted by atomic mass is 16.1. The predicted molar refractivity (Wildman–Crippen MR) is 46.7 cm³/mol. The molecule has 1 fully saturated rings. The fourth-order valence-electron chi connectivity index (χ4n) is 1.98. The van der Waals surface area contributed by atoms with Gasteiger partial charge in [0.1, 0.15) is 12.6 Å². The Hall–Kier alpha value is -0.660. The molecular formula is C10H16O2. The SMILES string of the molecule is CC(C=O)C1CCCC(C=O)C1. The Bertz CT molecular complexity index is 159. The molecule has 0 saturated heterocycles. The van der Waals surface area contributed by atoms with Crippen LogP contribution in [0, 0.1) is 17.8 Å². The van der Waals surface area contributed by atoms with Crippen molar-refractivity contribution in [3.05, 3.63) is 0 Å². The summed E-state index contributed by atoms with van der Waals surface area (Å²) in [5, 5.41) is 0. The first-order valence-electron chi connectivity index (χ1n) is 4.68. The van der Waals surface area contributed by atoms with E-state index in [0.29, 0.717) is 5.92 Å². The van der Waals surface area contributed by atoms with Gasteiger partial charge in [-0.15, -0.1) is 0 Å². The molecule has 1 rings (SSSR count). The van der Waals surface area contributed by atoms with E-state index in [4.69, 9.17) is 0 Å². The van der Waals surface area contributed by atoms with Gasteiger partial charge in [0.25, 0.3) is 0 Å². The van der Waals surface area contributed by atoms with Gasteiger partial charge >= 0.3 is 0 Å². The molecule has 0 aromatic carbocycles. The molecule has 3 atom stereocenters. The quantitative estimate of drug-likeness (QED) is 0.602. The van der Waals surface area contributed by atoms with Gasteiger partial charge in [-0.05, 0) is 25.2 Å². The maximum atomic E-state index is 10.5. The number of hydrogen-bond acceptors (Lipinski definition) is 2. The van der Waals surface area contributed by atoms with Gasteiger partial charge in [-0.3, -0.25) is 0 Å². The molecule has 0 radical (unpaired) electrons. The summed E-state index contributed by atoms with van der Waals surface area (Å²) in [7, 11) is 0. The second-order valence-electron chi connectivity index (χ2n) is 3.82. The van der Waals surface area contributed by atoms with E-state index in [-0.39, 0.29) is 11.8 Å². The topological polar surface area (TPSA) is 34.1 Å². The lowest BCUT2D eigenvalue weighted by Gasteiger charge is -2.27. The maximum absolute atomic E-state index is 10.5. The standard InChI is InChI=1S/C10H16O2/c1-8(6-11)10-4-2-3-9(5-10)7-12/h6-10H,2-5H2,1H3. The molecule has 1 saturated carbocycles. The molecule has 0 aromatic heterocycles. The van der Waals surface area contributed by atoms with Crippen molar-refractivity contribution in [2.24, 2.45) is 17.8 Å². The second kappa shape index (κ2) is 4.39. The third-order valence-electron chi connectivity index (χ3n) is 2.91. The summed E-state index contributed by atoms with van der Waals surface area (Å²) >= 11 is 0. The van der Waals surface area contributed by atoms with Crippen LogP contribution in [-0.4, -0.2) is 12.6 Å². The Kier molecular flexibility index (Phi) is 3.45. The molecule has 0 aliphatic heterocycles. The van der Waals surface area contributed by atoms with Crippen molar-refractivity contribution in [2.45, 2.75) is 32.6 Å². The van der Waals surface area contributed by atoms with E-state index in [1.54, 1.807) is 0 Å². The molecule has 1 aliphatic rings. The number of rotatable bonds is 3. The van der Waals surface area contributed by atoms with E-state index >= 15 is 0 Å². The van der Waals surface area contributed by atoms with E-state index in [2.05, 4.69) is 0 Å². The molecule has 0 N–H and O–H groups in total. The van der Waals surface area contributed by atoms with Gasteiger partial charge in [0.05, 0.1) is 0 Å². The van der Waals surface area contributed by atoms with Gasteiger partial charge in [-0.1, -0.05) is 13.3 Å². The Labute approximate surface area is 73.3 Å². The molecule has 68 valence electrons. The van der Waals surface area contributed by atoms with Crippen LogP contribution in [0.5, 0.6) is 0 Å². The van der Waals surface area contributed by atoms with Crippen LogP contribution in [-0.2, 0) is 9.59 Å². The Balaban J connectivity index is 2.44. The van der Waals surface area contributed by atoms with Crippen LogP contribution in [0.4, 0.5) is 0 Å². The van der Waals surface area contributed by atoms with E-state index in [0.717, 1.165) is 38.3 Å². The van der Waals surface area contributed by atoms with Crippen LogP contribution in [0.2, 0.25) is 0 Å². The molecule has 0 heterocycles. The number of carbonyl (C=O) groups excluding carboxylic acids is 2. The van der Waals surface area contributed by atoms with Crippen molar-refractivity contribution >= 4 is 12.6 Å². The van der Waals surface area contributed by atoms with Crippen molar-refractivity contribution in [3.63, 3.8) is 0 Å². The molecular weight excluding hydrogens is 152 g/mol. The third-order valence-corrected chi connectivity index (χ3v) is 2.91. The van der Waals surface area contributed by atoms with Crippen LogP contribution < -0.4 is 0 Å². The minimum absolute atomic E-state index is 0.132. The molecule has 1 aliphatic carbocycles. The van der Waals surface area contributed by atoms with Gasteiger partial charge in [-0.2, -0.15) is 0 Å². The third kappa shape index (κ3) is 2.16. The molecule has 0 spiro atoms. The summed E-state index contributed by atoms with van der Waals surface area (Å²) in [6.07, 6.45) is 6.22. The summed E-state index contributed by atoms with van der Waals surface area (Å²) < 4.78 is 0. The van der Waals surface area contributed by atoms with Crippen molar-refractivity contribution in [1.29, 1.82) is 0 Å². The number of hydrogen-bond donors (Lipinski definition) is 0. The van der Waals surface area contributed by atoms with Crippen LogP contribution in [0.3, 0.4) is 0 Å². The highest BCUT2D eigenvalue weighted by molar-refractivity contribution is 5.55. The van der Waals surface area contributed by atoms with E-state index in [9.17, 15) is 9.59 Å². The summed E-state index contributed by atoms with van der Waals surface area (Å²) in [6.45, 7) is 1.95. The first-order valence-corrected chi connectivity index (χ1v) is 4.68. The summed E-state index contributed by atoms with van der Waals surface area (Å²) in [5.41, 5.74) is 0. The Morgan fingerprint density at radius 1 is 1.33 bits per heavy atom. The maximum Gasteiger partial charge on any atom is 0.123 e. The van der Waals surface area contributed by atoms with Crippen molar-refractivity contribution in [3.8, 4) is 0 Å². The number of aldehydes is 2. The van der Waals surface area contributed by atoms with Crippen molar-refractivity contribution < 1.29 is 9.59 Å².